The quantitative estimate of drug-likeness (QED) is 0.462. The summed E-state index contributed by atoms with van der Waals surface area (Å²) in [7, 11) is 0. The highest BCUT2D eigenvalue weighted by Crippen LogP contribution is 2.41. The molecule has 0 aliphatic carbocycles. The number of halogens is 3. The highest BCUT2D eigenvalue weighted by molar-refractivity contribution is 8.00. The fourth-order valence-corrected chi connectivity index (χ4v) is 5.68. The number of rotatable bonds is 5. The Hall–Kier alpha value is -3.11. The standard InChI is InChI=1S/C26H26F3N5OS/c1-14(2)34-22-10-16(9-20(28)25(22)36-13-23(34)35)24-21(29)12-31-26(33-24)32-17-3-4-18(19(27)11-17)15-5-7-30-8-6-15/h3-4,9-12,14-15,30H,5-8,13H2,1-2H3,(H,31,32,33). The Balaban J connectivity index is 1.45. The molecule has 0 spiro atoms. The van der Waals surface area contributed by atoms with Gasteiger partial charge in [0, 0.05) is 17.3 Å². The second-order valence-electron chi connectivity index (χ2n) is 9.23. The molecule has 2 aliphatic heterocycles. The van der Waals surface area contributed by atoms with Crippen molar-refractivity contribution < 1.29 is 18.0 Å². The summed E-state index contributed by atoms with van der Waals surface area (Å²) in [6.45, 7) is 5.40. The van der Waals surface area contributed by atoms with Crippen molar-refractivity contribution in [1.82, 2.24) is 15.3 Å². The van der Waals surface area contributed by atoms with Crippen LogP contribution in [-0.4, -0.2) is 40.8 Å². The van der Waals surface area contributed by atoms with Crippen LogP contribution in [0.3, 0.4) is 0 Å². The molecule has 6 nitrogen and oxygen atoms in total. The number of carbonyl (C=O) groups excluding carboxylic acids is 1. The summed E-state index contributed by atoms with van der Waals surface area (Å²) in [6, 6.07) is 7.47. The van der Waals surface area contributed by atoms with Crippen LogP contribution in [0.1, 0.15) is 38.2 Å². The van der Waals surface area contributed by atoms with Gasteiger partial charge >= 0.3 is 0 Å². The third-order valence-electron chi connectivity index (χ3n) is 6.46. The number of hydrogen-bond donors (Lipinski definition) is 2. The van der Waals surface area contributed by atoms with E-state index < -0.39 is 11.6 Å². The summed E-state index contributed by atoms with van der Waals surface area (Å²) in [6.07, 6.45) is 2.75. The van der Waals surface area contributed by atoms with E-state index in [-0.39, 0.29) is 46.6 Å². The first-order chi connectivity index (χ1) is 17.3. The summed E-state index contributed by atoms with van der Waals surface area (Å²) in [5, 5.41) is 6.20. The summed E-state index contributed by atoms with van der Waals surface area (Å²) >= 11 is 1.13. The van der Waals surface area contributed by atoms with Gasteiger partial charge in [-0.3, -0.25) is 4.79 Å². The smallest absolute Gasteiger partial charge is 0.237 e. The second kappa shape index (κ2) is 10.1. The van der Waals surface area contributed by atoms with Crippen molar-refractivity contribution in [3.8, 4) is 11.3 Å². The molecule has 3 heterocycles. The second-order valence-corrected chi connectivity index (χ2v) is 10.2. The van der Waals surface area contributed by atoms with Crippen molar-refractivity contribution in [3.63, 3.8) is 0 Å². The number of nitrogens with one attached hydrogen (secondary N) is 2. The molecular formula is C26H26F3N5OS. The molecule has 1 amide bonds. The lowest BCUT2D eigenvalue weighted by molar-refractivity contribution is -0.116. The van der Waals surface area contributed by atoms with Crippen molar-refractivity contribution in [2.75, 3.05) is 29.1 Å². The summed E-state index contributed by atoms with van der Waals surface area (Å²) in [4.78, 5) is 22.6. The van der Waals surface area contributed by atoms with Gasteiger partial charge in [0.05, 0.1) is 22.5 Å². The van der Waals surface area contributed by atoms with Crippen molar-refractivity contribution >= 4 is 35.0 Å². The fraction of sp³-hybridized carbons (Fsp3) is 0.346. The Bertz CT molecular complexity index is 1310. The summed E-state index contributed by atoms with van der Waals surface area (Å²) in [5.74, 6) is -1.38. The first-order valence-electron chi connectivity index (χ1n) is 11.9. The number of anilines is 3. The van der Waals surface area contributed by atoms with Gasteiger partial charge in [-0.25, -0.2) is 23.1 Å². The van der Waals surface area contributed by atoms with E-state index in [0.717, 1.165) is 43.9 Å². The first-order valence-corrected chi connectivity index (χ1v) is 12.9. The lowest BCUT2D eigenvalue weighted by atomic mass is 9.90. The average Bonchev–Trinajstić information content (AvgIpc) is 2.85. The van der Waals surface area contributed by atoms with E-state index >= 15 is 4.39 Å². The van der Waals surface area contributed by atoms with E-state index in [1.807, 2.05) is 13.8 Å². The summed E-state index contributed by atoms with van der Waals surface area (Å²) in [5.41, 5.74) is 1.56. The molecule has 0 bridgehead atoms. The molecule has 188 valence electrons. The zero-order chi connectivity index (χ0) is 25.4. The van der Waals surface area contributed by atoms with Gasteiger partial charge in [0.1, 0.15) is 17.3 Å². The minimum Gasteiger partial charge on any atom is -0.324 e. The number of amides is 1. The van der Waals surface area contributed by atoms with Gasteiger partial charge in [-0.15, -0.1) is 11.8 Å². The Morgan fingerprint density at radius 1 is 1.08 bits per heavy atom. The molecule has 2 aliphatic rings. The number of fused-ring (bicyclic) bond motifs is 1. The topological polar surface area (TPSA) is 70.2 Å². The zero-order valence-electron chi connectivity index (χ0n) is 19.9. The Labute approximate surface area is 211 Å². The largest absolute Gasteiger partial charge is 0.324 e. The molecule has 0 atom stereocenters. The number of aromatic nitrogens is 2. The molecule has 3 aromatic rings. The molecular weight excluding hydrogens is 487 g/mol. The van der Waals surface area contributed by atoms with Gasteiger partial charge in [0.2, 0.25) is 11.9 Å². The Morgan fingerprint density at radius 2 is 1.86 bits per heavy atom. The molecule has 2 N–H and O–H groups in total. The molecule has 1 saturated heterocycles. The monoisotopic (exact) mass is 513 g/mol. The molecule has 36 heavy (non-hydrogen) atoms. The number of nitrogens with zero attached hydrogens (tertiary/aromatic N) is 3. The van der Waals surface area contributed by atoms with E-state index in [2.05, 4.69) is 20.6 Å². The van der Waals surface area contributed by atoms with Crippen LogP contribution in [0, 0.1) is 17.5 Å². The molecule has 2 aromatic carbocycles. The maximum Gasteiger partial charge on any atom is 0.237 e. The fourth-order valence-electron chi connectivity index (χ4n) is 4.77. The van der Waals surface area contributed by atoms with E-state index in [9.17, 15) is 13.6 Å². The Kier molecular flexibility index (Phi) is 6.90. The van der Waals surface area contributed by atoms with E-state index in [1.165, 1.54) is 17.0 Å². The molecule has 10 heteroatoms. The summed E-state index contributed by atoms with van der Waals surface area (Å²) < 4.78 is 44.6. The van der Waals surface area contributed by atoms with Crippen LogP contribution < -0.4 is 15.5 Å². The number of piperidine rings is 1. The van der Waals surface area contributed by atoms with Gasteiger partial charge < -0.3 is 15.5 Å². The van der Waals surface area contributed by atoms with E-state index in [0.29, 0.717) is 21.8 Å². The van der Waals surface area contributed by atoms with Crippen LogP contribution >= 0.6 is 11.8 Å². The van der Waals surface area contributed by atoms with Gasteiger partial charge in [0.15, 0.2) is 5.82 Å². The van der Waals surface area contributed by atoms with Gasteiger partial charge in [-0.2, -0.15) is 0 Å². The van der Waals surface area contributed by atoms with Gasteiger partial charge in [-0.1, -0.05) is 6.07 Å². The predicted molar refractivity (Wildman–Crippen MR) is 135 cm³/mol. The van der Waals surface area contributed by atoms with E-state index in [1.54, 1.807) is 18.2 Å². The lowest BCUT2D eigenvalue weighted by Gasteiger charge is -2.32. The van der Waals surface area contributed by atoms with E-state index in [4.69, 9.17) is 0 Å². The molecule has 5 rings (SSSR count). The highest BCUT2D eigenvalue weighted by Gasteiger charge is 2.30. The van der Waals surface area contributed by atoms with Crippen LogP contribution in [0.25, 0.3) is 11.3 Å². The number of thioether (sulfide) groups is 1. The first kappa shape index (κ1) is 24.6. The maximum atomic E-state index is 15.0. The minimum absolute atomic E-state index is 0.0460. The maximum absolute atomic E-state index is 15.0. The number of hydrogen-bond acceptors (Lipinski definition) is 6. The van der Waals surface area contributed by atoms with Crippen molar-refractivity contribution in [2.45, 2.75) is 43.5 Å². The minimum atomic E-state index is -0.738. The average molecular weight is 514 g/mol. The third-order valence-corrected chi connectivity index (χ3v) is 7.55. The Morgan fingerprint density at radius 3 is 2.58 bits per heavy atom. The van der Waals surface area contributed by atoms with Crippen LogP contribution in [0.2, 0.25) is 0 Å². The molecule has 1 fully saturated rings. The molecule has 0 unspecified atom stereocenters. The lowest BCUT2D eigenvalue weighted by Crippen LogP contribution is -2.40. The third kappa shape index (κ3) is 4.79. The normalized spacial score (nSPS) is 16.4. The number of carbonyl (C=O) groups is 1. The van der Waals surface area contributed by atoms with Gasteiger partial charge in [0.25, 0.3) is 0 Å². The molecule has 0 saturated carbocycles. The SMILES string of the molecule is CC(C)N1C(=O)CSc2c(F)cc(-c3nc(Nc4ccc(C5CCNCC5)c(F)c4)ncc3F)cc21. The van der Waals surface area contributed by atoms with Crippen LogP contribution in [0.4, 0.5) is 30.5 Å². The van der Waals surface area contributed by atoms with Crippen molar-refractivity contribution in [1.29, 1.82) is 0 Å². The van der Waals surface area contributed by atoms with Crippen molar-refractivity contribution in [2.24, 2.45) is 0 Å². The molecule has 0 radical (unpaired) electrons. The van der Waals surface area contributed by atoms with Crippen LogP contribution in [0.5, 0.6) is 0 Å². The van der Waals surface area contributed by atoms with Crippen molar-refractivity contribution in [3.05, 3.63) is 59.5 Å². The van der Waals surface area contributed by atoms with Crippen LogP contribution in [0.15, 0.2) is 41.4 Å². The number of benzene rings is 2. The van der Waals surface area contributed by atoms with Gasteiger partial charge in [-0.05, 0) is 75.5 Å². The van der Waals surface area contributed by atoms with Crippen LogP contribution in [-0.2, 0) is 4.79 Å². The zero-order valence-corrected chi connectivity index (χ0v) is 20.8. The molecule has 1 aromatic heterocycles. The highest BCUT2D eigenvalue weighted by atomic mass is 32.2. The predicted octanol–water partition coefficient (Wildman–Crippen LogP) is 5.62.